The van der Waals surface area contributed by atoms with Crippen LogP contribution < -0.4 is 14.8 Å². The Bertz CT molecular complexity index is 1010. The van der Waals surface area contributed by atoms with Crippen molar-refractivity contribution in [2.75, 3.05) is 18.2 Å². The molecule has 0 saturated heterocycles. The second-order valence-electron chi connectivity index (χ2n) is 7.44. The molecule has 0 spiro atoms. The molecule has 0 radical (unpaired) electrons. The van der Waals surface area contributed by atoms with Gasteiger partial charge in [-0.1, -0.05) is 74.7 Å². The van der Waals surface area contributed by atoms with Crippen LogP contribution in [-0.2, 0) is 0 Å². The molecule has 0 aliphatic carbocycles. The lowest BCUT2D eigenvalue weighted by molar-refractivity contribution is 0.220. The van der Waals surface area contributed by atoms with E-state index in [-0.39, 0.29) is 0 Å². The molecule has 0 unspecified atom stereocenters. The standard InChI is InChI=1S/C24H28N4O2S/c1-3-4-5-6-11-16-31-24-26-23-21(27-28-24)17-12-7-9-14-19(17)25-22(30-23)18-13-8-10-15-20(18)29-2/h7-10,12-15,22,25H,3-6,11,16H2,1-2H3/t22-/m0/s1. The highest BCUT2D eigenvalue weighted by molar-refractivity contribution is 7.99. The van der Waals surface area contributed by atoms with Crippen LogP contribution in [0, 0.1) is 0 Å². The molecule has 3 aromatic rings. The number of anilines is 1. The number of aromatic nitrogens is 3. The zero-order valence-corrected chi connectivity index (χ0v) is 18.8. The molecule has 1 N–H and O–H groups in total. The highest BCUT2D eigenvalue weighted by Crippen LogP contribution is 2.40. The van der Waals surface area contributed by atoms with Gasteiger partial charge in [0.15, 0.2) is 5.69 Å². The zero-order chi connectivity index (χ0) is 21.5. The molecule has 2 aromatic carbocycles. The first-order valence-electron chi connectivity index (χ1n) is 10.8. The predicted octanol–water partition coefficient (Wildman–Crippen LogP) is 6.11. The van der Waals surface area contributed by atoms with E-state index in [1.807, 2.05) is 48.5 Å². The Morgan fingerprint density at radius 2 is 1.81 bits per heavy atom. The number of nitrogens with zero attached hydrogens (tertiary/aromatic N) is 3. The van der Waals surface area contributed by atoms with Gasteiger partial charge >= 0.3 is 0 Å². The number of hydrogen-bond acceptors (Lipinski definition) is 7. The maximum Gasteiger partial charge on any atom is 0.247 e. The minimum absolute atomic E-state index is 0.456. The van der Waals surface area contributed by atoms with E-state index in [1.165, 1.54) is 25.7 Å². The first-order valence-corrected chi connectivity index (χ1v) is 11.8. The Kier molecular flexibility index (Phi) is 7.25. The molecule has 1 atom stereocenters. The predicted molar refractivity (Wildman–Crippen MR) is 125 cm³/mol. The van der Waals surface area contributed by atoms with E-state index < -0.39 is 6.23 Å². The first-order chi connectivity index (χ1) is 15.3. The van der Waals surface area contributed by atoms with E-state index in [2.05, 4.69) is 22.4 Å². The maximum absolute atomic E-state index is 6.35. The molecule has 1 aliphatic heterocycles. The van der Waals surface area contributed by atoms with E-state index in [4.69, 9.17) is 14.5 Å². The van der Waals surface area contributed by atoms with Gasteiger partial charge < -0.3 is 14.8 Å². The lowest BCUT2D eigenvalue weighted by atomic mass is 10.1. The van der Waals surface area contributed by atoms with Gasteiger partial charge in [-0.3, -0.25) is 0 Å². The summed E-state index contributed by atoms with van der Waals surface area (Å²) in [4.78, 5) is 4.72. The average molecular weight is 437 g/mol. The van der Waals surface area contributed by atoms with Crippen LogP contribution in [0.25, 0.3) is 11.3 Å². The largest absolute Gasteiger partial charge is 0.496 e. The number of nitrogens with one attached hydrogen (secondary N) is 1. The fourth-order valence-electron chi connectivity index (χ4n) is 3.60. The highest BCUT2D eigenvalue weighted by atomic mass is 32.2. The van der Waals surface area contributed by atoms with Crippen LogP contribution in [0.5, 0.6) is 11.6 Å². The summed E-state index contributed by atoms with van der Waals surface area (Å²) in [7, 11) is 1.66. The normalized spacial score (nSPS) is 14.6. The molecular formula is C24H28N4O2S. The molecule has 1 aliphatic rings. The number of methoxy groups -OCH3 is 1. The molecule has 2 heterocycles. The monoisotopic (exact) mass is 436 g/mol. The SMILES string of the molecule is CCCCCCCSc1nnc2c(n1)O[C@@H](c1ccccc1OC)Nc1ccccc1-2. The van der Waals surface area contributed by atoms with Crippen LogP contribution in [0.1, 0.15) is 50.8 Å². The number of para-hydroxylation sites is 2. The fourth-order valence-corrected chi connectivity index (χ4v) is 4.38. The van der Waals surface area contributed by atoms with Crippen molar-refractivity contribution in [1.29, 1.82) is 0 Å². The van der Waals surface area contributed by atoms with Crippen LogP contribution >= 0.6 is 11.8 Å². The molecule has 162 valence electrons. The molecule has 0 bridgehead atoms. The summed E-state index contributed by atoms with van der Waals surface area (Å²) in [6, 6.07) is 15.8. The van der Waals surface area contributed by atoms with Crippen LogP contribution in [0.15, 0.2) is 53.7 Å². The van der Waals surface area contributed by atoms with E-state index in [0.29, 0.717) is 16.7 Å². The molecule has 1 aromatic heterocycles. The number of hydrogen-bond donors (Lipinski definition) is 1. The van der Waals surface area contributed by atoms with E-state index in [1.54, 1.807) is 18.9 Å². The van der Waals surface area contributed by atoms with Crippen LogP contribution in [0.4, 0.5) is 5.69 Å². The van der Waals surface area contributed by atoms with Gasteiger partial charge in [-0.15, -0.1) is 10.2 Å². The Balaban J connectivity index is 1.60. The molecule has 31 heavy (non-hydrogen) atoms. The highest BCUT2D eigenvalue weighted by Gasteiger charge is 2.27. The molecule has 4 rings (SSSR count). The van der Waals surface area contributed by atoms with Crippen molar-refractivity contribution in [1.82, 2.24) is 15.2 Å². The minimum Gasteiger partial charge on any atom is -0.496 e. The number of fused-ring (bicyclic) bond motifs is 3. The van der Waals surface area contributed by atoms with Gasteiger partial charge in [0.1, 0.15) is 5.75 Å². The molecule has 0 fully saturated rings. The quantitative estimate of drug-likeness (QED) is 0.320. The molecule has 6 nitrogen and oxygen atoms in total. The third-order valence-corrected chi connectivity index (χ3v) is 6.16. The topological polar surface area (TPSA) is 69.2 Å². The van der Waals surface area contributed by atoms with Gasteiger partial charge in [0.2, 0.25) is 17.3 Å². The third kappa shape index (κ3) is 5.10. The van der Waals surface area contributed by atoms with Crippen molar-refractivity contribution in [3.8, 4) is 22.9 Å². The minimum atomic E-state index is -0.456. The van der Waals surface area contributed by atoms with Gasteiger partial charge in [0.05, 0.1) is 12.7 Å². The number of thioether (sulfide) groups is 1. The Labute approximate surface area is 187 Å². The van der Waals surface area contributed by atoms with Gasteiger partial charge in [0.25, 0.3) is 0 Å². The summed E-state index contributed by atoms with van der Waals surface area (Å²) in [5.74, 6) is 2.22. The van der Waals surface area contributed by atoms with Crippen LogP contribution in [0.2, 0.25) is 0 Å². The van der Waals surface area contributed by atoms with E-state index in [0.717, 1.165) is 34.7 Å². The zero-order valence-electron chi connectivity index (χ0n) is 18.0. The van der Waals surface area contributed by atoms with Crippen molar-refractivity contribution in [2.45, 2.75) is 50.4 Å². The Hall–Kier alpha value is -2.80. The lowest BCUT2D eigenvalue weighted by Crippen LogP contribution is -2.18. The second-order valence-corrected chi connectivity index (χ2v) is 8.50. The summed E-state index contributed by atoms with van der Waals surface area (Å²) in [5.41, 5.74) is 3.39. The number of benzene rings is 2. The fraction of sp³-hybridized carbons (Fsp3) is 0.375. The number of unbranched alkanes of at least 4 members (excludes halogenated alkanes) is 4. The summed E-state index contributed by atoms with van der Waals surface area (Å²) in [5, 5.41) is 13.0. The molecule has 0 amide bonds. The second kappa shape index (κ2) is 10.5. The summed E-state index contributed by atoms with van der Waals surface area (Å²) in [6.07, 6.45) is 5.77. The molecule has 7 heteroatoms. The number of rotatable bonds is 9. The first kappa shape index (κ1) is 21.4. The lowest BCUT2D eigenvalue weighted by Gasteiger charge is -2.21. The van der Waals surface area contributed by atoms with E-state index in [9.17, 15) is 0 Å². The van der Waals surface area contributed by atoms with E-state index >= 15 is 0 Å². The Morgan fingerprint density at radius 1 is 1.00 bits per heavy atom. The third-order valence-electron chi connectivity index (χ3n) is 5.23. The van der Waals surface area contributed by atoms with Gasteiger partial charge in [-0.25, -0.2) is 0 Å². The van der Waals surface area contributed by atoms with Crippen LogP contribution in [0.3, 0.4) is 0 Å². The van der Waals surface area contributed by atoms with Crippen molar-refractivity contribution in [3.63, 3.8) is 0 Å². The van der Waals surface area contributed by atoms with Crippen molar-refractivity contribution in [3.05, 3.63) is 54.1 Å². The van der Waals surface area contributed by atoms with Crippen molar-refractivity contribution >= 4 is 17.4 Å². The summed E-state index contributed by atoms with van der Waals surface area (Å²) < 4.78 is 11.9. The van der Waals surface area contributed by atoms with Gasteiger partial charge in [0, 0.05) is 17.0 Å². The summed E-state index contributed by atoms with van der Waals surface area (Å²) >= 11 is 1.63. The van der Waals surface area contributed by atoms with Crippen molar-refractivity contribution in [2.24, 2.45) is 0 Å². The van der Waals surface area contributed by atoms with Crippen LogP contribution in [-0.4, -0.2) is 28.0 Å². The smallest absolute Gasteiger partial charge is 0.247 e. The summed E-state index contributed by atoms with van der Waals surface area (Å²) in [6.45, 7) is 2.23. The van der Waals surface area contributed by atoms with Crippen molar-refractivity contribution < 1.29 is 9.47 Å². The molecular weight excluding hydrogens is 408 g/mol. The number of ether oxygens (including phenoxy) is 2. The van der Waals surface area contributed by atoms with Gasteiger partial charge in [-0.2, -0.15) is 4.98 Å². The van der Waals surface area contributed by atoms with Gasteiger partial charge in [-0.05, 0) is 24.6 Å². The Morgan fingerprint density at radius 3 is 2.68 bits per heavy atom. The maximum atomic E-state index is 6.35. The molecule has 0 saturated carbocycles. The average Bonchev–Trinajstić information content (AvgIpc) is 2.97.